The van der Waals surface area contributed by atoms with Gasteiger partial charge in [-0.2, -0.15) is 18.3 Å². The molecule has 1 amide bonds. The van der Waals surface area contributed by atoms with E-state index >= 15 is 0 Å². The first kappa shape index (κ1) is 22.4. The molecule has 12 heteroatoms. The average molecular weight is 453 g/mol. The van der Waals surface area contributed by atoms with Crippen LogP contribution in [0.2, 0.25) is 0 Å². The van der Waals surface area contributed by atoms with Crippen molar-refractivity contribution in [3.63, 3.8) is 0 Å². The summed E-state index contributed by atoms with van der Waals surface area (Å²) in [6, 6.07) is 7.10. The van der Waals surface area contributed by atoms with Crippen LogP contribution in [0.25, 0.3) is 5.69 Å². The molecule has 0 saturated heterocycles. The molecule has 0 unspecified atom stereocenters. The Bertz CT molecular complexity index is 1220. The van der Waals surface area contributed by atoms with Crippen LogP contribution in [0.4, 0.5) is 18.9 Å². The van der Waals surface area contributed by atoms with E-state index in [0.29, 0.717) is 18.8 Å². The highest BCUT2D eigenvalue weighted by Gasteiger charge is 2.32. The molecule has 0 aliphatic carbocycles. The van der Waals surface area contributed by atoms with Crippen molar-refractivity contribution in [1.29, 1.82) is 0 Å². The van der Waals surface area contributed by atoms with Crippen LogP contribution in [0.1, 0.15) is 23.7 Å². The molecule has 8 nitrogen and oxygen atoms in total. The van der Waals surface area contributed by atoms with Crippen LogP contribution < -0.4 is 10.5 Å². The SMILES string of the molecule is CCc1ncccc1CC(=O)Nc1ccc(-n2cc(C(F)(F)F)cn2)c(S(N)(=O)=O)c1. The predicted octanol–water partition coefficient (Wildman–Crippen LogP) is 2.68. The van der Waals surface area contributed by atoms with Gasteiger partial charge in [0.05, 0.1) is 23.9 Å². The average Bonchev–Trinajstić information content (AvgIpc) is 3.18. The number of benzene rings is 1. The van der Waals surface area contributed by atoms with E-state index in [1.807, 2.05) is 6.92 Å². The molecule has 0 saturated carbocycles. The van der Waals surface area contributed by atoms with E-state index in [1.165, 1.54) is 12.1 Å². The van der Waals surface area contributed by atoms with Crippen LogP contribution >= 0.6 is 0 Å². The van der Waals surface area contributed by atoms with Crippen LogP contribution in [0.15, 0.2) is 53.8 Å². The van der Waals surface area contributed by atoms with Gasteiger partial charge < -0.3 is 5.32 Å². The summed E-state index contributed by atoms with van der Waals surface area (Å²) in [5.74, 6) is -0.422. The molecule has 2 aromatic heterocycles. The highest BCUT2D eigenvalue weighted by atomic mass is 32.2. The van der Waals surface area contributed by atoms with Crippen LogP contribution in [-0.4, -0.2) is 29.1 Å². The number of halogens is 3. The maximum Gasteiger partial charge on any atom is 0.419 e. The van der Waals surface area contributed by atoms with Crippen molar-refractivity contribution in [3.8, 4) is 5.69 Å². The second-order valence-electron chi connectivity index (χ2n) is 6.59. The Kier molecular flexibility index (Phi) is 6.13. The summed E-state index contributed by atoms with van der Waals surface area (Å²) >= 11 is 0. The van der Waals surface area contributed by atoms with E-state index in [2.05, 4.69) is 15.4 Å². The standard InChI is InChI=1S/C19H18F3N5O3S/c1-2-15-12(4-3-7-24-15)8-18(28)26-14-5-6-16(17(9-14)31(23,29)30)27-11-13(10-25-27)19(20,21)22/h3-7,9-11H,2,8H2,1H3,(H,26,28)(H2,23,29,30). The predicted molar refractivity (Wildman–Crippen MR) is 106 cm³/mol. The largest absolute Gasteiger partial charge is 0.419 e. The third-order valence-corrected chi connectivity index (χ3v) is 5.32. The Labute approximate surface area is 176 Å². The molecular weight excluding hydrogens is 435 g/mol. The minimum atomic E-state index is -4.64. The number of sulfonamides is 1. The van der Waals surface area contributed by atoms with Gasteiger partial charge in [-0.05, 0) is 36.2 Å². The zero-order valence-electron chi connectivity index (χ0n) is 16.2. The van der Waals surface area contributed by atoms with Crippen LogP contribution in [0, 0.1) is 0 Å². The Morgan fingerprint density at radius 1 is 1.26 bits per heavy atom. The molecule has 0 radical (unpaired) electrons. The van der Waals surface area contributed by atoms with Gasteiger partial charge in [0, 0.05) is 23.8 Å². The fraction of sp³-hybridized carbons (Fsp3) is 0.211. The highest BCUT2D eigenvalue weighted by Crippen LogP contribution is 2.30. The third-order valence-electron chi connectivity index (χ3n) is 4.38. The van der Waals surface area contributed by atoms with Gasteiger partial charge in [0.2, 0.25) is 15.9 Å². The topological polar surface area (TPSA) is 120 Å². The van der Waals surface area contributed by atoms with Crippen molar-refractivity contribution in [2.45, 2.75) is 30.8 Å². The van der Waals surface area contributed by atoms with Gasteiger partial charge in [-0.3, -0.25) is 9.78 Å². The molecule has 1 aromatic carbocycles. The highest BCUT2D eigenvalue weighted by molar-refractivity contribution is 7.89. The molecule has 2 heterocycles. The van der Waals surface area contributed by atoms with Crippen molar-refractivity contribution in [2.24, 2.45) is 5.14 Å². The number of carbonyl (C=O) groups is 1. The number of amides is 1. The van der Waals surface area contributed by atoms with E-state index in [-0.39, 0.29) is 17.8 Å². The molecule has 3 rings (SSSR count). The second kappa shape index (κ2) is 8.47. The van der Waals surface area contributed by atoms with Gasteiger partial charge in [0.25, 0.3) is 0 Å². The lowest BCUT2D eigenvalue weighted by Gasteiger charge is -2.12. The molecule has 3 aromatic rings. The first-order valence-electron chi connectivity index (χ1n) is 9.00. The Morgan fingerprint density at radius 2 is 2.00 bits per heavy atom. The van der Waals surface area contributed by atoms with Gasteiger partial charge in [-0.15, -0.1) is 0 Å². The fourth-order valence-corrected chi connectivity index (χ4v) is 3.68. The maximum absolute atomic E-state index is 12.8. The number of alkyl halides is 3. The van der Waals surface area contributed by atoms with E-state index in [4.69, 9.17) is 5.14 Å². The Hall–Kier alpha value is -3.25. The van der Waals surface area contributed by atoms with Crippen molar-refractivity contribution in [1.82, 2.24) is 14.8 Å². The summed E-state index contributed by atoms with van der Waals surface area (Å²) in [5.41, 5.74) is 0.368. The molecule has 31 heavy (non-hydrogen) atoms. The molecule has 0 aliphatic heterocycles. The number of hydrogen-bond acceptors (Lipinski definition) is 5. The Morgan fingerprint density at radius 3 is 2.61 bits per heavy atom. The summed E-state index contributed by atoms with van der Waals surface area (Å²) in [6.07, 6.45) is -1.15. The number of nitrogens with zero attached hydrogens (tertiary/aromatic N) is 3. The maximum atomic E-state index is 12.8. The van der Waals surface area contributed by atoms with Crippen molar-refractivity contribution in [2.75, 3.05) is 5.32 Å². The normalized spacial score (nSPS) is 12.0. The van der Waals surface area contributed by atoms with Gasteiger partial charge in [0.1, 0.15) is 4.90 Å². The summed E-state index contributed by atoms with van der Waals surface area (Å²) in [5, 5.41) is 11.4. The molecule has 0 aliphatic rings. The summed E-state index contributed by atoms with van der Waals surface area (Å²) in [7, 11) is -4.34. The minimum absolute atomic E-state index is 0.0115. The number of rotatable bonds is 6. The van der Waals surface area contributed by atoms with Gasteiger partial charge in [0.15, 0.2) is 0 Å². The lowest BCUT2D eigenvalue weighted by atomic mass is 10.1. The summed E-state index contributed by atoms with van der Waals surface area (Å²) in [6.45, 7) is 1.90. The molecular formula is C19H18F3N5O3S. The minimum Gasteiger partial charge on any atom is -0.326 e. The lowest BCUT2D eigenvalue weighted by Crippen LogP contribution is -2.18. The van der Waals surface area contributed by atoms with Crippen LogP contribution in [-0.2, 0) is 33.8 Å². The first-order valence-corrected chi connectivity index (χ1v) is 10.6. The number of primary sulfonamides is 1. The zero-order chi connectivity index (χ0) is 22.8. The fourth-order valence-electron chi connectivity index (χ4n) is 2.94. The molecule has 0 atom stereocenters. The number of aromatic nitrogens is 3. The van der Waals surface area contributed by atoms with Crippen LogP contribution in [0.5, 0.6) is 0 Å². The van der Waals surface area contributed by atoms with Crippen LogP contribution in [0.3, 0.4) is 0 Å². The van der Waals surface area contributed by atoms with Crippen molar-refractivity contribution >= 4 is 21.6 Å². The molecule has 3 N–H and O–H groups in total. The number of hydrogen-bond donors (Lipinski definition) is 2. The van der Waals surface area contributed by atoms with E-state index < -0.39 is 32.6 Å². The number of nitrogens with two attached hydrogens (primary N) is 1. The quantitative estimate of drug-likeness (QED) is 0.595. The Balaban J connectivity index is 1.90. The molecule has 0 fully saturated rings. The van der Waals surface area contributed by atoms with Gasteiger partial charge in [-0.25, -0.2) is 18.2 Å². The first-order chi connectivity index (χ1) is 14.5. The zero-order valence-corrected chi connectivity index (χ0v) is 17.0. The number of aryl methyl sites for hydroxylation is 1. The number of nitrogens with one attached hydrogen (secondary N) is 1. The molecule has 0 bridgehead atoms. The van der Waals surface area contributed by atoms with Crippen molar-refractivity contribution in [3.05, 3.63) is 65.7 Å². The van der Waals surface area contributed by atoms with Gasteiger partial charge >= 0.3 is 6.18 Å². The lowest BCUT2D eigenvalue weighted by molar-refractivity contribution is -0.137. The molecule has 164 valence electrons. The summed E-state index contributed by atoms with van der Waals surface area (Å²) in [4.78, 5) is 16.1. The van der Waals surface area contributed by atoms with E-state index in [0.717, 1.165) is 22.0 Å². The number of carbonyl (C=O) groups excluding carboxylic acids is 1. The monoisotopic (exact) mass is 453 g/mol. The number of pyridine rings is 1. The van der Waals surface area contributed by atoms with Gasteiger partial charge in [-0.1, -0.05) is 13.0 Å². The van der Waals surface area contributed by atoms with E-state index in [9.17, 15) is 26.4 Å². The van der Waals surface area contributed by atoms with Crippen molar-refractivity contribution < 1.29 is 26.4 Å². The third kappa shape index (κ3) is 5.27. The molecule has 0 spiro atoms. The number of anilines is 1. The summed E-state index contributed by atoms with van der Waals surface area (Å²) < 4.78 is 63.4. The second-order valence-corrected chi connectivity index (χ2v) is 8.12. The smallest absolute Gasteiger partial charge is 0.326 e. The van der Waals surface area contributed by atoms with E-state index in [1.54, 1.807) is 18.3 Å².